The highest BCUT2D eigenvalue weighted by atomic mass is 127. The predicted octanol–water partition coefficient (Wildman–Crippen LogP) is 6.17. The minimum atomic E-state index is -0.501. The third-order valence-corrected chi connectivity index (χ3v) is 5.94. The second-order valence-corrected chi connectivity index (χ2v) is 8.91. The van der Waals surface area contributed by atoms with Crippen LogP contribution in [0.15, 0.2) is 66.2 Å². The van der Waals surface area contributed by atoms with Crippen LogP contribution in [0.4, 0.5) is 10.1 Å². The number of ether oxygens (including phenoxy) is 2. The summed E-state index contributed by atoms with van der Waals surface area (Å²) in [7, 11) is 1.56. The monoisotopic (exact) mass is 654 g/mol. The molecule has 0 aliphatic heterocycles. The highest BCUT2D eigenvalue weighted by molar-refractivity contribution is 14.1. The molecule has 0 bridgehead atoms. The van der Waals surface area contributed by atoms with Crippen LogP contribution < -0.4 is 14.8 Å². The van der Waals surface area contributed by atoms with Crippen LogP contribution >= 0.6 is 45.2 Å². The van der Waals surface area contributed by atoms with Gasteiger partial charge in [0.25, 0.3) is 5.91 Å². The van der Waals surface area contributed by atoms with Gasteiger partial charge in [-0.05, 0) is 111 Å². The molecule has 3 rings (SSSR count). The van der Waals surface area contributed by atoms with Crippen molar-refractivity contribution in [1.29, 1.82) is 5.26 Å². The Bertz CT molecular complexity index is 1160. The molecule has 8 heteroatoms. The zero-order valence-corrected chi connectivity index (χ0v) is 21.2. The zero-order chi connectivity index (χ0) is 23.1. The molecule has 0 atom stereocenters. The van der Waals surface area contributed by atoms with Crippen LogP contribution in [0.1, 0.15) is 11.1 Å². The molecule has 0 heterocycles. The quantitative estimate of drug-likeness (QED) is 0.188. The second-order valence-electron chi connectivity index (χ2n) is 6.58. The molecule has 1 amide bonds. The van der Waals surface area contributed by atoms with Gasteiger partial charge < -0.3 is 14.8 Å². The van der Waals surface area contributed by atoms with Gasteiger partial charge in [-0.1, -0.05) is 12.1 Å². The highest BCUT2D eigenvalue weighted by Gasteiger charge is 2.13. The van der Waals surface area contributed by atoms with Crippen molar-refractivity contribution in [3.05, 3.63) is 90.3 Å². The lowest BCUT2D eigenvalue weighted by Crippen LogP contribution is -2.13. The van der Waals surface area contributed by atoms with Gasteiger partial charge in [0, 0.05) is 5.69 Å². The smallest absolute Gasteiger partial charge is 0.266 e. The molecule has 0 saturated carbocycles. The molecule has 0 radical (unpaired) electrons. The summed E-state index contributed by atoms with van der Waals surface area (Å²) in [4.78, 5) is 12.5. The molecule has 0 aliphatic carbocycles. The Morgan fingerprint density at radius 3 is 2.28 bits per heavy atom. The highest BCUT2D eigenvalue weighted by Crippen LogP contribution is 2.30. The van der Waals surface area contributed by atoms with Crippen LogP contribution in [0.2, 0.25) is 0 Å². The molecular formula is C24H17FI2N2O3. The van der Waals surface area contributed by atoms with Gasteiger partial charge in [0.15, 0.2) is 0 Å². The number of nitrogens with one attached hydrogen (secondary N) is 1. The standard InChI is InChI=1S/C24H17FI2N2O3/c1-31-20-8-6-19(7-9-20)29-24(30)17(13-28)10-16-11-21(26)23(22(27)12-16)32-14-15-2-4-18(25)5-3-15/h2-12H,14H2,1H3,(H,29,30)/b17-10-. The normalized spacial score (nSPS) is 10.9. The number of methoxy groups -OCH3 is 1. The van der Waals surface area contributed by atoms with E-state index in [-0.39, 0.29) is 11.4 Å². The van der Waals surface area contributed by atoms with Crippen LogP contribution in [0.3, 0.4) is 0 Å². The van der Waals surface area contributed by atoms with E-state index < -0.39 is 5.91 Å². The SMILES string of the molecule is COc1ccc(NC(=O)/C(C#N)=C\c2cc(I)c(OCc3ccc(F)cc3)c(I)c2)cc1. The molecule has 0 fully saturated rings. The maximum atomic E-state index is 13.1. The maximum absolute atomic E-state index is 13.1. The fraction of sp³-hybridized carbons (Fsp3) is 0.0833. The number of benzene rings is 3. The van der Waals surface area contributed by atoms with Crippen LogP contribution in [0.5, 0.6) is 11.5 Å². The molecule has 162 valence electrons. The second kappa shape index (κ2) is 11.3. The molecule has 32 heavy (non-hydrogen) atoms. The molecule has 1 N–H and O–H groups in total. The van der Waals surface area contributed by atoms with E-state index >= 15 is 0 Å². The van der Waals surface area contributed by atoms with E-state index in [9.17, 15) is 14.4 Å². The van der Waals surface area contributed by atoms with Crippen LogP contribution in [0.25, 0.3) is 6.08 Å². The molecule has 0 unspecified atom stereocenters. The first-order valence-corrected chi connectivity index (χ1v) is 11.5. The topological polar surface area (TPSA) is 71.3 Å². The number of hydrogen-bond acceptors (Lipinski definition) is 4. The lowest BCUT2D eigenvalue weighted by atomic mass is 10.1. The van der Waals surface area contributed by atoms with E-state index in [0.717, 1.165) is 12.7 Å². The number of nitriles is 1. The van der Waals surface area contributed by atoms with Crippen LogP contribution in [-0.4, -0.2) is 13.0 Å². The van der Waals surface area contributed by atoms with Gasteiger partial charge in [-0.15, -0.1) is 0 Å². The summed E-state index contributed by atoms with van der Waals surface area (Å²) in [6, 6.07) is 18.6. The van der Waals surface area contributed by atoms with Crippen molar-refractivity contribution in [2.24, 2.45) is 0 Å². The maximum Gasteiger partial charge on any atom is 0.266 e. The Labute approximate surface area is 212 Å². The molecule has 0 saturated heterocycles. The number of carbonyl (C=O) groups excluding carboxylic acids is 1. The number of halogens is 3. The van der Waals surface area contributed by atoms with E-state index in [0.29, 0.717) is 29.4 Å². The Balaban J connectivity index is 1.74. The van der Waals surface area contributed by atoms with E-state index in [1.54, 1.807) is 43.5 Å². The molecule has 3 aromatic carbocycles. The van der Waals surface area contributed by atoms with Crippen molar-refractivity contribution in [2.75, 3.05) is 12.4 Å². The molecule has 3 aromatic rings. The van der Waals surface area contributed by atoms with Gasteiger partial charge in [-0.3, -0.25) is 4.79 Å². The van der Waals surface area contributed by atoms with Crippen LogP contribution in [-0.2, 0) is 11.4 Å². The third-order valence-electron chi connectivity index (χ3n) is 4.34. The fourth-order valence-electron chi connectivity index (χ4n) is 2.72. The van der Waals surface area contributed by atoms with Crippen molar-refractivity contribution < 1.29 is 18.7 Å². The first kappa shape index (κ1) is 24.0. The summed E-state index contributed by atoms with van der Waals surface area (Å²) >= 11 is 4.29. The van der Waals surface area contributed by atoms with Gasteiger partial charge >= 0.3 is 0 Å². The van der Waals surface area contributed by atoms with Crippen molar-refractivity contribution in [1.82, 2.24) is 0 Å². The molecule has 5 nitrogen and oxygen atoms in total. The summed E-state index contributed by atoms with van der Waals surface area (Å²) in [5, 5.41) is 12.2. The van der Waals surface area contributed by atoms with E-state index in [2.05, 4.69) is 50.5 Å². The summed E-state index contributed by atoms with van der Waals surface area (Å²) in [6.45, 7) is 0.301. The fourth-order valence-corrected chi connectivity index (χ4v) is 4.85. The van der Waals surface area contributed by atoms with Crippen molar-refractivity contribution in [2.45, 2.75) is 6.61 Å². The van der Waals surface area contributed by atoms with Gasteiger partial charge in [0.05, 0.1) is 14.3 Å². The predicted molar refractivity (Wildman–Crippen MR) is 138 cm³/mol. The Hall–Kier alpha value is -2.65. The first-order chi connectivity index (χ1) is 15.4. The molecule has 0 aliphatic rings. The number of carbonyl (C=O) groups is 1. The van der Waals surface area contributed by atoms with E-state index in [4.69, 9.17) is 9.47 Å². The minimum absolute atomic E-state index is 0.0209. The Kier molecular flexibility index (Phi) is 8.46. The number of hydrogen-bond donors (Lipinski definition) is 1. The summed E-state index contributed by atoms with van der Waals surface area (Å²) in [5.41, 5.74) is 2.09. The van der Waals surface area contributed by atoms with Crippen LogP contribution in [0, 0.1) is 24.3 Å². The van der Waals surface area contributed by atoms with Gasteiger partial charge in [-0.2, -0.15) is 5.26 Å². The van der Waals surface area contributed by atoms with Gasteiger partial charge in [0.1, 0.15) is 35.6 Å². The summed E-state index contributed by atoms with van der Waals surface area (Å²) in [6.07, 6.45) is 1.53. The lowest BCUT2D eigenvalue weighted by molar-refractivity contribution is -0.112. The first-order valence-electron chi connectivity index (χ1n) is 9.33. The van der Waals surface area contributed by atoms with E-state index in [1.165, 1.54) is 18.2 Å². The van der Waals surface area contributed by atoms with Gasteiger partial charge in [-0.25, -0.2) is 4.39 Å². The number of nitrogens with zero attached hydrogens (tertiary/aromatic N) is 1. The van der Waals surface area contributed by atoms with Gasteiger partial charge in [0.2, 0.25) is 0 Å². The summed E-state index contributed by atoms with van der Waals surface area (Å²) < 4.78 is 25.7. The van der Waals surface area contributed by atoms with Crippen molar-refractivity contribution in [3.8, 4) is 17.6 Å². The third kappa shape index (κ3) is 6.43. The number of amides is 1. The Morgan fingerprint density at radius 2 is 1.72 bits per heavy atom. The van der Waals surface area contributed by atoms with E-state index in [1.807, 2.05) is 18.2 Å². The zero-order valence-electron chi connectivity index (χ0n) is 16.9. The van der Waals surface area contributed by atoms with Crippen molar-refractivity contribution in [3.63, 3.8) is 0 Å². The molecule has 0 spiro atoms. The average molecular weight is 654 g/mol. The molecule has 0 aromatic heterocycles. The summed E-state index contributed by atoms with van der Waals surface area (Å²) in [5.74, 6) is 0.566. The number of rotatable bonds is 7. The number of anilines is 1. The van der Waals surface area contributed by atoms with Crippen molar-refractivity contribution >= 4 is 62.9 Å². The molecular weight excluding hydrogens is 637 g/mol. The largest absolute Gasteiger partial charge is 0.497 e. The lowest BCUT2D eigenvalue weighted by Gasteiger charge is -2.12. The Morgan fingerprint density at radius 1 is 1.09 bits per heavy atom. The average Bonchev–Trinajstić information content (AvgIpc) is 2.78. The minimum Gasteiger partial charge on any atom is -0.497 e.